The lowest BCUT2D eigenvalue weighted by molar-refractivity contribution is 0.474. The van der Waals surface area contributed by atoms with E-state index in [0.29, 0.717) is 29.2 Å². The summed E-state index contributed by atoms with van der Waals surface area (Å²) < 4.78 is 0. The molecule has 0 spiro atoms. The quantitative estimate of drug-likeness (QED) is 0.638. The highest BCUT2D eigenvalue weighted by Crippen LogP contribution is 2.30. The van der Waals surface area contributed by atoms with Crippen LogP contribution < -0.4 is 5.32 Å². The molecule has 3 N–H and O–H groups in total. The van der Waals surface area contributed by atoms with Crippen LogP contribution in [0.4, 0.5) is 5.82 Å². The SMILES string of the molecule is C#Cc1ccc(-c2nnc(NCc3cccc(O)c3)cc2C)c(O)c1. The molecule has 25 heavy (non-hydrogen) atoms. The first-order valence-corrected chi connectivity index (χ1v) is 7.73. The van der Waals surface area contributed by atoms with Crippen molar-refractivity contribution in [2.75, 3.05) is 5.32 Å². The number of nitrogens with one attached hydrogen (secondary N) is 1. The lowest BCUT2D eigenvalue weighted by Crippen LogP contribution is -2.04. The van der Waals surface area contributed by atoms with Crippen molar-refractivity contribution < 1.29 is 10.2 Å². The summed E-state index contributed by atoms with van der Waals surface area (Å²) in [7, 11) is 0. The maximum absolute atomic E-state index is 10.1. The molecule has 0 aliphatic heterocycles. The van der Waals surface area contributed by atoms with Crippen LogP contribution in [-0.2, 0) is 6.54 Å². The van der Waals surface area contributed by atoms with E-state index in [4.69, 9.17) is 6.42 Å². The van der Waals surface area contributed by atoms with Crippen LogP contribution in [0, 0.1) is 19.3 Å². The second kappa shape index (κ2) is 6.93. The monoisotopic (exact) mass is 331 g/mol. The Morgan fingerprint density at radius 3 is 2.60 bits per heavy atom. The third kappa shape index (κ3) is 3.70. The second-order valence-electron chi connectivity index (χ2n) is 5.66. The predicted molar refractivity (Wildman–Crippen MR) is 97.2 cm³/mol. The third-order valence-corrected chi connectivity index (χ3v) is 3.79. The van der Waals surface area contributed by atoms with Crippen molar-refractivity contribution >= 4 is 5.82 Å². The van der Waals surface area contributed by atoms with E-state index in [2.05, 4.69) is 21.4 Å². The van der Waals surface area contributed by atoms with E-state index in [-0.39, 0.29) is 11.5 Å². The zero-order valence-corrected chi connectivity index (χ0v) is 13.7. The molecule has 124 valence electrons. The summed E-state index contributed by atoms with van der Waals surface area (Å²) in [6.45, 7) is 2.42. The van der Waals surface area contributed by atoms with Gasteiger partial charge in [-0.25, -0.2) is 0 Å². The molecular weight excluding hydrogens is 314 g/mol. The van der Waals surface area contributed by atoms with Crippen molar-refractivity contribution in [1.82, 2.24) is 10.2 Å². The molecule has 2 aromatic carbocycles. The van der Waals surface area contributed by atoms with Crippen molar-refractivity contribution in [3.05, 3.63) is 65.2 Å². The molecule has 0 unspecified atom stereocenters. The molecule has 0 aliphatic rings. The molecule has 0 aliphatic carbocycles. The van der Waals surface area contributed by atoms with Crippen LogP contribution in [0.1, 0.15) is 16.7 Å². The van der Waals surface area contributed by atoms with E-state index >= 15 is 0 Å². The van der Waals surface area contributed by atoms with E-state index in [1.54, 1.807) is 30.3 Å². The van der Waals surface area contributed by atoms with Crippen molar-refractivity contribution in [3.8, 4) is 35.1 Å². The number of aromatic hydroxyl groups is 2. The van der Waals surface area contributed by atoms with Crippen LogP contribution in [0.2, 0.25) is 0 Å². The van der Waals surface area contributed by atoms with Crippen LogP contribution in [0.3, 0.4) is 0 Å². The second-order valence-corrected chi connectivity index (χ2v) is 5.66. The molecule has 3 aromatic rings. The number of phenols is 2. The summed E-state index contributed by atoms with van der Waals surface area (Å²) in [4.78, 5) is 0. The fraction of sp³-hybridized carbons (Fsp3) is 0.100. The topological polar surface area (TPSA) is 78.3 Å². The number of rotatable bonds is 4. The van der Waals surface area contributed by atoms with Crippen molar-refractivity contribution in [1.29, 1.82) is 0 Å². The van der Waals surface area contributed by atoms with Gasteiger partial charge in [0.15, 0.2) is 0 Å². The number of aryl methyl sites for hydroxylation is 1. The number of anilines is 1. The van der Waals surface area contributed by atoms with Crippen LogP contribution in [0.15, 0.2) is 48.5 Å². The first-order chi connectivity index (χ1) is 12.1. The molecule has 0 bridgehead atoms. The summed E-state index contributed by atoms with van der Waals surface area (Å²) in [5.41, 5.74) is 3.60. The molecule has 0 fully saturated rings. The Kier molecular flexibility index (Phi) is 4.53. The molecule has 5 heteroatoms. The highest BCUT2D eigenvalue weighted by Gasteiger charge is 2.11. The first-order valence-electron chi connectivity index (χ1n) is 7.73. The minimum atomic E-state index is 0.0771. The van der Waals surface area contributed by atoms with E-state index in [9.17, 15) is 10.2 Å². The number of benzene rings is 2. The van der Waals surface area contributed by atoms with Gasteiger partial charge in [-0.15, -0.1) is 16.6 Å². The standard InChI is InChI=1S/C20H17N3O2/c1-3-14-7-8-17(18(25)11-14)20-13(2)9-19(22-23-20)21-12-15-5-4-6-16(24)10-15/h1,4-11,24-25H,12H2,2H3,(H,21,22). The highest BCUT2D eigenvalue weighted by molar-refractivity contribution is 5.71. The average molecular weight is 331 g/mol. The number of phenolic OH excluding ortho intramolecular Hbond substituents is 2. The maximum Gasteiger partial charge on any atom is 0.149 e. The minimum absolute atomic E-state index is 0.0771. The van der Waals surface area contributed by atoms with Gasteiger partial charge in [-0.2, -0.15) is 0 Å². The summed E-state index contributed by atoms with van der Waals surface area (Å²) in [6, 6.07) is 13.9. The van der Waals surface area contributed by atoms with Gasteiger partial charge < -0.3 is 15.5 Å². The lowest BCUT2D eigenvalue weighted by atomic mass is 10.0. The van der Waals surface area contributed by atoms with Gasteiger partial charge >= 0.3 is 0 Å². The molecule has 0 atom stereocenters. The summed E-state index contributed by atoms with van der Waals surface area (Å²) >= 11 is 0. The fourth-order valence-corrected chi connectivity index (χ4v) is 2.52. The number of aromatic nitrogens is 2. The molecule has 1 heterocycles. The smallest absolute Gasteiger partial charge is 0.149 e. The van der Waals surface area contributed by atoms with Crippen LogP contribution in [0.5, 0.6) is 11.5 Å². The van der Waals surface area contributed by atoms with Gasteiger partial charge in [-0.3, -0.25) is 0 Å². The molecule has 3 rings (SSSR count). The molecule has 1 aromatic heterocycles. The van der Waals surface area contributed by atoms with Gasteiger partial charge in [0, 0.05) is 17.7 Å². The van der Waals surface area contributed by atoms with E-state index in [1.807, 2.05) is 19.1 Å². The first kappa shape index (κ1) is 16.3. The Balaban J connectivity index is 1.80. The predicted octanol–water partition coefficient (Wildman–Crippen LogP) is 3.46. The van der Waals surface area contributed by atoms with Gasteiger partial charge in [0.1, 0.15) is 17.3 Å². The molecule has 0 radical (unpaired) electrons. The Morgan fingerprint density at radius 2 is 1.92 bits per heavy atom. The highest BCUT2D eigenvalue weighted by atomic mass is 16.3. The molecule has 0 saturated heterocycles. The zero-order valence-electron chi connectivity index (χ0n) is 13.7. The van der Waals surface area contributed by atoms with Gasteiger partial charge in [-0.1, -0.05) is 18.1 Å². The number of nitrogens with zero attached hydrogens (tertiary/aromatic N) is 2. The van der Waals surface area contributed by atoms with E-state index < -0.39 is 0 Å². The molecule has 0 amide bonds. The van der Waals surface area contributed by atoms with Crippen LogP contribution >= 0.6 is 0 Å². The Hall–Kier alpha value is -3.52. The largest absolute Gasteiger partial charge is 0.508 e. The normalized spacial score (nSPS) is 10.2. The average Bonchev–Trinajstić information content (AvgIpc) is 2.60. The van der Waals surface area contributed by atoms with Gasteiger partial charge in [0.05, 0.1) is 5.69 Å². The number of hydrogen-bond acceptors (Lipinski definition) is 5. The molecule has 5 nitrogen and oxygen atoms in total. The summed E-state index contributed by atoms with van der Waals surface area (Å²) in [6.07, 6.45) is 5.33. The van der Waals surface area contributed by atoms with Crippen molar-refractivity contribution in [2.45, 2.75) is 13.5 Å². The van der Waals surface area contributed by atoms with E-state index in [1.165, 1.54) is 6.07 Å². The minimum Gasteiger partial charge on any atom is -0.508 e. The fourth-order valence-electron chi connectivity index (χ4n) is 2.52. The third-order valence-electron chi connectivity index (χ3n) is 3.79. The number of hydrogen-bond donors (Lipinski definition) is 3. The Labute approximate surface area is 146 Å². The van der Waals surface area contributed by atoms with Gasteiger partial charge in [0.2, 0.25) is 0 Å². The van der Waals surface area contributed by atoms with Gasteiger partial charge in [-0.05, 0) is 54.4 Å². The van der Waals surface area contributed by atoms with Crippen LogP contribution in [0.25, 0.3) is 11.3 Å². The van der Waals surface area contributed by atoms with E-state index in [0.717, 1.165) is 11.1 Å². The molecule has 0 saturated carbocycles. The Bertz CT molecular complexity index is 961. The Morgan fingerprint density at radius 1 is 1.08 bits per heavy atom. The summed E-state index contributed by atoms with van der Waals surface area (Å²) in [5.74, 6) is 3.40. The maximum atomic E-state index is 10.1. The van der Waals surface area contributed by atoms with Crippen LogP contribution in [-0.4, -0.2) is 20.4 Å². The van der Waals surface area contributed by atoms with Crippen molar-refractivity contribution in [2.24, 2.45) is 0 Å². The molecular formula is C20H17N3O2. The zero-order chi connectivity index (χ0) is 17.8. The van der Waals surface area contributed by atoms with Crippen molar-refractivity contribution in [3.63, 3.8) is 0 Å². The summed E-state index contributed by atoms with van der Waals surface area (Å²) in [5, 5.41) is 31.2. The number of terminal acetylenes is 1. The lowest BCUT2D eigenvalue weighted by Gasteiger charge is -2.10. The van der Waals surface area contributed by atoms with Gasteiger partial charge in [0.25, 0.3) is 0 Å².